The van der Waals surface area contributed by atoms with Crippen molar-refractivity contribution in [2.75, 3.05) is 0 Å². The Labute approximate surface area is 205 Å². The number of aryl methyl sites for hydroxylation is 1. The number of hydrogen-bond acceptors (Lipinski definition) is 5. The summed E-state index contributed by atoms with van der Waals surface area (Å²) >= 11 is 0. The van der Waals surface area contributed by atoms with Crippen LogP contribution in [0.3, 0.4) is 0 Å². The third-order valence-corrected chi connectivity index (χ3v) is 6.76. The molecule has 0 saturated heterocycles. The summed E-state index contributed by atoms with van der Waals surface area (Å²) < 4.78 is 0. The van der Waals surface area contributed by atoms with E-state index < -0.39 is 6.04 Å². The van der Waals surface area contributed by atoms with E-state index in [1.165, 1.54) is 11.1 Å². The zero-order valence-electron chi connectivity index (χ0n) is 20.1. The highest BCUT2D eigenvalue weighted by molar-refractivity contribution is 5.81. The van der Waals surface area contributed by atoms with Gasteiger partial charge in [0.25, 0.3) is 0 Å². The molecule has 7 heteroatoms. The number of benzene rings is 2. The Kier molecular flexibility index (Phi) is 6.88. The van der Waals surface area contributed by atoms with Gasteiger partial charge in [0, 0.05) is 19.3 Å². The Hall–Kier alpha value is -3.55. The van der Waals surface area contributed by atoms with E-state index in [1.807, 2.05) is 36.5 Å². The van der Waals surface area contributed by atoms with E-state index in [0.29, 0.717) is 13.1 Å². The lowest BCUT2D eigenvalue weighted by Gasteiger charge is -2.35. The van der Waals surface area contributed by atoms with Gasteiger partial charge in [-0.15, -0.1) is 0 Å². The number of rotatable bonds is 8. The van der Waals surface area contributed by atoms with Crippen LogP contribution in [0.2, 0.25) is 0 Å². The first-order valence-corrected chi connectivity index (χ1v) is 12.3. The van der Waals surface area contributed by atoms with E-state index >= 15 is 0 Å². The molecule has 4 N–H and O–H groups in total. The van der Waals surface area contributed by atoms with E-state index in [0.717, 1.165) is 53.9 Å². The number of carbonyl (C=O) groups excluding carboxylic acids is 1. The lowest BCUT2D eigenvalue weighted by atomic mass is 9.90. The highest BCUT2D eigenvalue weighted by Crippen LogP contribution is 2.35. The molecule has 5 rings (SSSR count). The molecule has 2 atom stereocenters. The van der Waals surface area contributed by atoms with Crippen LogP contribution in [0.25, 0.3) is 11.0 Å². The van der Waals surface area contributed by atoms with E-state index in [2.05, 4.69) is 45.5 Å². The molecule has 2 aromatic heterocycles. The maximum Gasteiger partial charge on any atom is 0.236 e. The molecule has 0 bridgehead atoms. The smallest absolute Gasteiger partial charge is 0.236 e. The minimum Gasteiger partial charge on any atom is -0.351 e. The van der Waals surface area contributed by atoms with Gasteiger partial charge in [0.2, 0.25) is 5.91 Å². The summed E-state index contributed by atoms with van der Waals surface area (Å²) in [4.78, 5) is 27.7. The number of carbonyl (C=O) groups is 1. The maximum atomic E-state index is 12.1. The number of para-hydroxylation sites is 2. The van der Waals surface area contributed by atoms with Crippen molar-refractivity contribution in [3.63, 3.8) is 0 Å². The Bertz CT molecular complexity index is 1280. The Balaban J connectivity index is 1.46. The number of pyridine rings is 1. The van der Waals surface area contributed by atoms with Crippen LogP contribution in [0.15, 0.2) is 66.9 Å². The summed E-state index contributed by atoms with van der Waals surface area (Å²) in [5, 5.41) is 2.96. The van der Waals surface area contributed by atoms with Crippen LogP contribution in [-0.4, -0.2) is 31.8 Å². The van der Waals surface area contributed by atoms with Gasteiger partial charge in [0.05, 0.1) is 35.4 Å². The van der Waals surface area contributed by atoms with Crippen molar-refractivity contribution in [1.82, 2.24) is 25.2 Å². The second kappa shape index (κ2) is 10.4. The topological polar surface area (TPSA) is 99.9 Å². The number of H-pyrrole nitrogens is 1. The maximum absolute atomic E-state index is 12.1. The number of fused-ring (bicyclic) bond motifs is 2. The summed E-state index contributed by atoms with van der Waals surface area (Å²) in [5.41, 5.74) is 12.5. The number of amides is 1. The number of nitrogens with one attached hydrogen (secondary N) is 2. The Morgan fingerprint density at radius 2 is 1.91 bits per heavy atom. The van der Waals surface area contributed by atoms with Gasteiger partial charge >= 0.3 is 0 Å². The van der Waals surface area contributed by atoms with Crippen molar-refractivity contribution in [2.45, 2.75) is 57.9 Å². The molecule has 1 amide bonds. The average molecular weight is 469 g/mol. The minimum absolute atomic E-state index is 0.149. The van der Waals surface area contributed by atoms with Crippen LogP contribution in [0.5, 0.6) is 0 Å². The first kappa shape index (κ1) is 23.2. The monoisotopic (exact) mass is 468 g/mol. The molecule has 4 aromatic rings. The summed E-state index contributed by atoms with van der Waals surface area (Å²) in [5.74, 6) is 0.793. The van der Waals surface area contributed by atoms with Gasteiger partial charge in [-0.05, 0) is 61.1 Å². The van der Waals surface area contributed by atoms with Crippen molar-refractivity contribution in [3.05, 3.63) is 95.1 Å². The molecular weight excluding hydrogens is 436 g/mol. The quantitative estimate of drug-likeness (QED) is 0.363. The van der Waals surface area contributed by atoms with Crippen molar-refractivity contribution in [3.8, 4) is 0 Å². The molecule has 0 spiro atoms. The average Bonchev–Trinajstić information content (AvgIpc) is 3.29. The molecule has 0 fully saturated rings. The standard InChI is InChI=1S/C28H32N6O/c1-19(29)28(35)31-16-21-8-2-3-9-22(21)17-34(18-26-32-23-12-4-5-13-24(23)33-26)25-14-6-10-20-11-7-15-30-27(20)25/h2-5,7-9,11-13,15,19,25H,6,10,14,16-18,29H2,1H3,(H,31,35)(H,32,33). The number of aromatic amines is 1. The molecule has 7 nitrogen and oxygen atoms in total. The normalized spacial score (nSPS) is 16.3. The number of imidazole rings is 1. The zero-order valence-corrected chi connectivity index (χ0v) is 20.1. The van der Waals surface area contributed by atoms with Crippen molar-refractivity contribution < 1.29 is 4.79 Å². The summed E-state index contributed by atoms with van der Waals surface area (Å²) in [6.45, 7) is 3.55. The minimum atomic E-state index is -0.531. The van der Waals surface area contributed by atoms with E-state index in [4.69, 9.17) is 15.7 Å². The Morgan fingerprint density at radius 1 is 1.11 bits per heavy atom. The fourth-order valence-corrected chi connectivity index (χ4v) is 4.94. The molecule has 0 radical (unpaired) electrons. The third kappa shape index (κ3) is 5.26. The molecule has 0 aliphatic heterocycles. The van der Waals surface area contributed by atoms with Crippen LogP contribution in [-0.2, 0) is 30.8 Å². The zero-order chi connectivity index (χ0) is 24.2. The van der Waals surface area contributed by atoms with Crippen LogP contribution in [0, 0.1) is 0 Å². The molecule has 180 valence electrons. The molecule has 0 saturated carbocycles. The van der Waals surface area contributed by atoms with Crippen molar-refractivity contribution in [1.29, 1.82) is 0 Å². The van der Waals surface area contributed by atoms with Crippen LogP contribution in [0.1, 0.15) is 54.0 Å². The van der Waals surface area contributed by atoms with Crippen LogP contribution >= 0.6 is 0 Å². The van der Waals surface area contributed by atoms with Crippen LogP contribution < -0.4 is 11.1 Å². The van der Waals surface area contributed by atoms with Gasteiger partial charge in [-0.25, -0.2) is 4.98 Å². The van der Waals surface area contributed by atoms with Gasteiger partial charge in [-0.2, -0.15) is 0 Å². The number of nitrogens with zero attached hydrogens (tertiary/aromatic N) is 3. The van der Waals surface area contributed by atoms with Gasteiger partial charge in [0.15, 0.2) is 0 Å². The summed E-state index contributed by atoms with van der Waals surface area (Å²) in [7, 11) is 0. The first-order valence-electron chi connectivity index (χ1n) is 12.3. The molecular formula is C28H32N6O. The van der Waals surface area contributed by atoms with Gasteiger partial charge in [-0.3, -0.25) is 14.7 Å². The molecule has 2 unspecified atom stereocenters. The lowest BCUT2D eigenvalue weighted by Crippen LogP contribution is -2.38. The summed E-state index contributed by atoms with van der Waals surface area (Å²) in [6, 6.07) is 20.3. The van der Waals surface area contributed by atoms with Gasteiger partial charge in [-0.1, -0.05) is 42.5 Å². The molecule has 2 aromatic carbocycles. The molecule has 1 aliphatic carbocycles. The number of nitrogens with two attached hydrogens (primary N) is 1. The fraction of sp³-hybridized carbons (Fsp3) is 0.321. The van der Waals surface area contributed by atoms with Gasteiger partial charge in [0.1, 0.15) is 5.82 Å². The van der Waals surface area contributed by atoms with Crippen LogP contribution in [0.4, 0.5) is 0 Å². The number of aromatic nitrogens is 3. The van der Waals surface area contributed by atoms with Gasteiger partial charge < -0.3 is 16.0 Å². The largest absolute Gasteiger partial charge is 0.351 e. The Morgan fingerprint density at radius 3 is 2.74 bits per heavy atom. The van der Waals surface area contributed by atoms with Crippen molar-refractivity contribution in [2.24, 2.45) is 5.73 Å². The molecule has 35 heavy (non-hydrogen) atoms. The van der Waals surface area contributed by atoms with E-state index in [9.17, 15) is 4.79 Å². The first-order chi connectivity index (χ1) is 17.1. The molecule has 1 aliphatic rings. The fourth-order valence-electron chi connectivity index (χ4n) is 4.94. The van der Waals surface area contributed by atoms with Crippen molar-refractivity contribution >= 4 is 16.9 Å². The highest BCUT2D eigenvalue weighted by atomic mass is 16.2. The SMILES string of the molecule is CC(N)C(=O)NCc1ccccc1CN(Cc1nc2ccccc2[nH]1)C1CCCc2cccnc21. The lowest BCUT2D eigenvalue weighted by molar-refractivity contribution is -0.122. The third-order valence-electron chi connectivity index (χ3n) is 6.76. The highest BCUT2D eigenvalue weighted by Gasteiger charge is 2.28. The van der Waals surface area contributed by atoms with E-state index in [1.54, 1.807) is 6.92 Å². The number of hydrogen-bond donors (Lipinski definition) is 3. The second-order valence-electron chi connectivity index (χ2n) is 9.34. The second-order valence-corrected chi connectivity index (χ2v) is 9.34. The van der Waals surface area contributed by atoms with E-state index in [-0.39, 0.29) is 11.9 Å². The predicted octanol–water partition coefficient (Wildman–Crippen LogP) is 4.00. The molecule has 2 heterocycles. The predicted molar refractivity (Wildman–Crippen MR) is 137 cm³/mol. The summed E-state index contributed by atoms with van der Waals surface area (Å²) in [6.07, 6.45) is 5.14.